The van der Waals surface area contributed by atoms with Gasteiger partial charge in [0.2, 0.25) is 5.91 Å². The normalized spacial score (nSPS) is 11.1. The van der Waals surface area contributed by atoms with Gasteiger partial charge in [0, 0.05) is 24.7 Å². The average Bonchev–Trinajstić information content (AvgIpc) is 3.11. The van der Waals surface area contributed by atoms with Crippen molar-refractivity contribution >= 4 is 28.7 Å². The zero-order valence-corrected chi connectivity index (χ0v) is 18.2. The average molecular weight is 428 g/mol. The van der Waals surface area contributed by atoms with Gasteiger partial charge in [0.15, 0.2) is 0 Å². The van der Waals surface area contributed by atoms with Crippen molar-refractivity contribution in [3.63, 3.8) is 0 Å². The molecular weight excluding hydrogens is 402 g/mol. The lowest BCUT2D eigenvalue weighted by Gasteiger charge is -2.15. The van der Waals surface area contributed by atoms with E-state index >= 15 is 0 Å². The molecule has 0 aliphatic rings. The molecule has 0 radical (unpaired) electrons. The van der Waals surface area contributed by atoms with Gasteiger partial charge in [-0.05, 0) is 30.5 Å². The first-order valence-electron chi connectivity index (χ1n) is 9.58. The largest absolute Gasteiger partial charge is 0.384 e. The van der Waals surface area contributed by atoms with E-state index in [1.54, 1.807) is 5.38 Å². The van der Waals surface area contributed by atoms with Crippen LogP contribution in [0.5, 0.6) is 0 Å². The van der Waals surface area contributed by atoms with E-state index < -0.39 is 11.2 Å². The number of carbonyl (C=O) groups is 1. The molecule has 0 atom stereocenters. The Bertz CT molecular complexity index is 1210. The Kier molecular flexibility index (Phi) is 6.21. The molecule has 9 heteroatoms. The summed E-state index contributed by atoms with van der Waals surface area (Å²) in [6.07, 6.45) is 0.0739. The van der Waals surface area contributed by atoms with E-state index in [4.69, 9.17) is 5.73 Å². The molecule has 158 valence electrons. The Labute approximate surface area is 178 Å². The highest BCUT2D eigenvalue weighted by Gasteiger charge is 2.20. The molecule has 0 unspecified atom stereocenters. The van der Waals surface area contributed by atoms with Crippen molar-refractivity contribution in [3.8, 4) is 11.3 Å². The molecular formula is C21H25N5O3S. The highest BCUT2D eigenvalue weighted by molar-refractivity contribution is 7.10. The van der Waals surface area contributed by atoms with E-state index in [-0.39, 0.29) is 29.6 Å². The van der Waals surface area contributed by atoms with Crippen LogP contribution in [0, 0.1) is 12.8 Å². The number of anilines is 2. The zero-order valence-electron chi connectivity index (χ0n) is 17.4. The van der Waals surface area contributed by atoms with Gasteiger partial charge < -0.3 is 11.1 Å². The second kappa shape index (κ2) is 8.66. The molecule has 3 aromatic rings. The summed E-state index contributed by atoms with van der Waals surface area (Å²) in [5, 5.41) is 5.08. The summed E-state index contributed by atoms with van der Waals surface area (Å²) in [5.74, 6) is 0.0664. The van der Waals surface area contributed by atoms with E-state index in [9.17, 15) is 14.4 Å². The molecule has 8 nitrogen and oxygen atoms in total. The summed E-state index contributed by atoms with van der Waals surface area (Å²) in [4.78, 5) is 42.0. The van der Waals surface area contributed by atoms with Gasteiger partial charge in [-0.3, -0.25) is 18.7 Å². The molecule has 0 aliphatic carbocycles. The van der Waals surface area contributed by atoms with Crippen LogP contribution in [0.1, 0.15) is 24.4 Å². The number of rotatable bonds is 6. The molecule has 0 fully saturated rings. The summed E-state index contributed by atoms with van der Waals surface area (Å²) in [6.45, 7) is 6.27. The summed E-state index contributed by atoms with van der Waals surface area (Å²) >= 11 is 1.27. The first kappa shape index (κ1) is 21.5. The van der Waals surface area contributed by atoms with Crippen molar-refractivity contribution < 1.29 is 4.79 Å². The Morgan fingerprint density at radius 2 is 2.03 bits per heavy atom. The molecule has 0 saturated heterocycles. The number of amides is 1. The van der Waals surface area contributed by atoms with Crippen LogP contribution in [-0.2, 0) is 24.8 Å². The maximum absolute atomic E-state index is 12.7. The lowest BCUT2D eigenvalue weighted by Crippen LogP contribution is -2.41. The van der Waals surface area contributed by atoms with Gasteiger partial charge >= 0.3 is 5.69 Å². The van der Waals surface area contributed by atoms with E-state index in [0.717, 1.165) is 15.8 Å². The van der Waals surface area contributed by atoms with Crippen LogP contribution in [0.3, 0.4) is 0 Å². The monoisotopic (exact) mass is 427 g/mol. The molecule has 2 heterocycles. The summed E-state index contributed by atoms with van der Waals surface area (Å²) in [5.41, 5.74) is 7.55. The third-order valence-corrected chi connectivity index (χ3v) is 5.40. The predicted octanol–water partition coefficient (Wildman–Crippen LogP) is 2.40. The number of carbonyl (C=O) groups excluding carboxylic acids is 1. The van der Waals surface area contributed by atoms with Crippen molar-refractivity contribution in [2.24, 2.45) is 13.0 Å². The number of hydrogen-bond acceptors (Lipinski definition) is 6. The van der Waals surface area contributed by atoms with E-state index in [1.165, 1.54) is 23.0 Å². The molecule has 1 aromatic carbocycles. The highest BCUT2D eigenvalue weighted by atomic mass is 32.1. The molecule has 3 N–H and O–H groups in total. The number of hydrogen-bond donors (Lipinski definition) is 2. The van der Waals surface area contributed by atoms with Crippen LogP contribution >= 0.6 is 11.3 Å². The van der Waals surface area contributed by atoms with Crippen molar-refractivity contribution in [3.05, 3.63) is 61.1 Å². The molecule has 2 aromatic heterocycles. The van der Waals surface area contributed by atoms with E-state index in [0.29, 0.717) is 17.2 Å². The van der Waals surface area contributed by atoms with Crippen molar-refractivity contribution in [2.75, 3.05) is 11.1 Å². The van der Waals surface area contributed by atoms with E-state index in [2.05, 4.69) is 10.3 Å². The van der Waals surface area contributed by atoms with Crippen molar-refractivity contribution in [1.29, 1.82) is 0 Å². The van der Waals surface area contributed by atoms with Gasteiger partial charge in [0.05, 0.1) is 12.1 Å². The number of nitrogens with zero attached hydrogens (tertiary/aromatic N) is 3. The highest BCUT2D eigenvalue weighted by Crippen LogP contribution is 2.24. The predicted molar refractivity (Wildman–Crippen MR) is 120 cm³/mol. The van der Waals surface area contributed by atoms with Gasteiger partial charge in [0.1, 0.15) is 16.4 Å². The Morgan fingerprint density at radius 1 is 1.30 bits per heavy atom. The molecule has 30 heavy (non-hydrogen) atoms. The summed E-state index contributed by atoms with van der Waals surface area (Å²) < 4.78 is 2.43. The van der Waals surface area contributed by atoms with Gasteiger partial charge in [-0.1, -0.05) is 26.0 Å². The summed E-state index contributed by atoms with van der Waals surface area (Å²) in [7, 11) is 1.42. The molecule has 0 spiro atoms. The first-order valence-corrected chi connectivity index (χ1v) is 10.5. The number of nitrogens with two attached hydrogens (primary N) is 1. The minimum Gasteiger partial charge on any atom is -0.384 e. The Hall–Kier alpha value is -3.20. The lowest BCUT2D eigenvalue weighted by molar-refractivity contribution is -0.115. The maximum atomic E-state index is 12.7. The number of thiazole rings is 1. The standard InChI is InChI=1S/C21H25N5O3S/c1-12(2)10-26-19(22)18(20(28)25(4)21(26)29)15-11-30-17(24-15)9-16(27)23-14-7-5-6-13(3)8-14/h5-8,11-12H,9-10,22H2,1-4H3,(H,23,27). The van der Waals surface area contributed by atoms with Gasteiger partial charge in [-0.2, -0.15) is 0 Å². The Morgan fingerprint density at radius 3 is 2.70 bits per heavy atom. The molecule has 3 rings (SSSR count). The molecule has 0 bridgehead atoms. The van der Waals surface area contributed by atoms with Gasteiger partial charge in [-0.15, -0.1) is 11.3 Å². The quantitative estimate of drug-likeness (QED) is 0.627. The second-order valence-electron chi connectivity index (χ2n) is 7.63. The SMILES string of the molecule is Cc1cccc(NC(=O)Cc2nc(-c3c(N)n(CC(C)C)c(=O)n(C)c3=O)cs2)c1. The third kappa shape index (κ3) is 4.51. The van der Waals surface area contributed by atoms with Crippen LogP contribution in [0.4, 0.5) is 11.5 Å². The van der Waals surface area contributed by atoms with Crippen LogP contribution in [0.25, 0.3) is 11.3 Å². The van der Waals surface area contributed by atoms with Crippen molar-refractivity contribution in [2.45, 2.75) is 33.7 Å². The minimum absolute atomic E-state index is 0.0739. The fourth-order valence-corrected chi connectivity index (χ4v) is 3.92. The number of benzene rings is 1. The number of aromatic nitrogens is 3. The zero-order chi connectivity index (χ0) is 22.0. The van der Waals surface area contributed by atoms with Gasteiger partial charge in [0.25, 0.3) is 5.56 Å². The Balaban J connectivity index is 1.89. The summed E-state index contributed by atoms with van der Waals surface area (Å²) in [6, 6.07) is 7.53. The smallest absolute Gasteiger partial charge is 0.332 e. The van der Waals surface area contributed by atoms with Crippen LogP contribution in [0.15, 0.2) is 39.2 Å². The lowest BCUT2D eigenvalue weighted by atomic mass is 10.2. The second-order valence-corrected chi connectivity index (χ2v) is 8.58. The third-order valence-electron chi connectivity index (χ3n) is 4.55. The van der Waals surface area contributed by atoms with E-state index in [1.807, 2.05) is 45.0 Å². The fourth-order valence-electron chi connectivity index (χ4n) is 3.14. The first-order chi connectivity index (χ1) is 14.2. The molecule has 0 aliphatic heterocycles. The van der Waals surface area contributed by atoms with Crippen LogP contribution in [-0.4, -0.2) is 20.0 Å². The fraction of sp³-hybridized carbons (Fsp3) is 0.333. The number of nitrogens with one attached hydrogen (secondary N) is 1. The number of aryl methyl sites for hydroxylation is 1. The topological polar surface area (TPSA) is 112 Å². The van der Waals surface area contributed by atoms with Crippen LogP contribution < -0.4 is 22.3 Å². The van der Waals surface area contributed by atoms with Crippen LogP contribution in [0.2, 0.25) is 0 Å². The van der Waals surface area contributed by atoms with Gasteiger partial charge in [-0.25, -0.2) is 9.78 Å². The molecule has 1 amide bonds. The van der Waals surface area contributed by atoms with Crippen molar-refractivity contribution in [1.82, 2.24) is 14.1 Å². The minimum atomic E-state index is -0.501. The molecule has 0 saturated carbocycles. The maximum Gasteiger partial charge on any atom is 0.332 e. The number of nitrogen functional groups attached to an aromatic ring is 1.